The van der Waals surface area contributed by atoms with Gasteiger partial charge < -0.3 is 14.4 Å². The second-order valence-corrected chi connectivity index (χ2v) is 7.48. The number of amides is 1. The summed E-state index contributed by atoms with van der Waals surface area (Å²) < 4.78 is 12.5. The summed E-state index contributed by atoms with van der Waals surface area (Å²) in [5.41, 5.74) is 1.13. The number of carbonyl (C=O) groups is 1. The minimum absolute atomic E-state index is 0.110. The molecule has 0 unspecified atom stereocenters. The summed E-state index contributed by atoms with van der Waals surface area (Å²) in [6.07, 6.45) is 2.38. The van der Waals surface area contributed by atoms with Gasteiger partial charge in [-0.1, -0.05) is 12.1 Å². The Hall–Kier alpha value is -2.52. The highest BCUT2D eigenvalue weighted by Gasteiger charge is 2.30. The van der Waals surface area contributed by atoms with E-state index in [0.717, 1.165) is 62.8 Å². The van der Waals surface area contributed by atoms with Gasteiger partial charge in [0.15, 0.2) is 5.82 Å². The summed E-state index contributed by atoms with van der Waals surface area (Å²) >= 11 is 0. The van der Waals surface area contributed by atoms with Gasteiger partial charge in [0.25, 0.3) is 0 Å². The van der Waals surface area contributed by atoms with Crippen LogP contribution in [0.5, 0.6) is 5.75 Å². The number of likely N-dealkylation sites (tertiary alicyclic amines) is 1. The maximum atomic E-state index is 13.0. The molecule has 1 aromatic carbocycles. The molecule has 0 aliphatic carbocycles. The topological polar surface area (TPSA) is 85.6 Å². The van der Waals surface area contributed by atoms with Gasteiger partial charge in [-0.2, -0.15) is 0 Å². The van der Waals surface area contributed by atoms with E-state index >= 15 is 0 Å². The molecule has 0 saturated carbocycles. The third-order valence-corrected chi connectivity index (χ3v) is 5.66. The van der Waals surface area contributed by atoms with Gasteiger partial charge in [-0.15, -0.1) is 5.10 Å². The number of benzene rings is 1. The zero-order valence-corrected chi connectivity index (χ0v) is 16.9. The van der Waals surface area contributed by atoms with E-state index in [2.05, 4.69) is 26.5 Å². The summed E-state index contributed by atoms with van der Waals surface area (Å²) in [6, 6.07) is 8.12. The lowest BCUT2D eigenvalue weighted by Crippen LogP contribution is -2.36. The lowest BCUT2D eigenvalue weighted by molar-refractivity contribution is -0.132. The molecule has 0 N–H and O–H groups in total. The van der Waals surface area contributed by atoms with Crippen molar-refractivity contribution in [1.29, 1.82) is 0 Å². The standard InChI is InChI=1S/C20H28N6O3/c1-28-17-5-2-4-16(14-17)18-6-3-8-25(18)20(27)7-9-26-19(21-22-23-26)15-24-10-12-29-13-11-24/h2,4-5,14,18H,3,6-13,15H2,1H3/t18-/m1/s1. The number of rotatable bonds is 7. The van der Waals surface area contributed by atoms with Crippen molar-refractivity contribution >= 4 is 5.91 Å². The lowest BCUT2D eigenvalue weighted by atomic mass is 10.0. The second kappa shape index (κ2) is 9.32. The molecule has 2 fully saturated rings. The Kier molecular flexibility index (Phi) is 6.36. The number of ether oxygens (including phenoxy) is 2. The zero-order chi connectivity index (χ0) is 20.1. The fourth-order valence-corrected chi connectivity index (χ4v) is 4.08. The molecule has 2 aromatic rings. The van der Waals surface area contributed by atoms with E-state index < -0.39 is 0 Å². The Bertz CT molecular complexity index is 820. The number of aryl methyl sites for hydroxylation is 1. The Balaban J connectivity index is 1.36. The summed E-state index contributed by atoms with van der Waals surface area (Å²) in [4.78, 5) is 17.2. The van der Waals surface area contributed by atoms with Crippen LogP contribution in [0.3, 0.4) is 0 Å². The molecule has 1 aromatic heterocycles. The third kappa shape index (κ3) is 4.73. The number of methoxy groups -OCH3 is 1. The first-order valence-corrected chi connectivity index (χ1v) is 10.2. The van der Waals surface area contributed by atoms with Crippen molar-refractivity contribution in [1.82, 2.24) is 30.0 Å². The molecule has 9 heteroatoms. The van der Waals surface area contributed by atoms with E-state index in [1.807, 2.05) is 23.1 Å². The number of carbonyl (C=O) groups excluding carboxylic acids is 1. The molecular formula is C20H28N6O3. The van der Waals surface area contributed by atoms with E-state index in [-0.39, 0.29) is 11.9 Å². The first-order chi connectivity index (χ1) is 14.2. The van der Waals surface area contributed by atoms with Crippen molar-refractivity contribution in [3.05, 3.63) is 35.7 Å². The lowest BCUT2D eigenvalue weighted by Gasteiger charge is -2.26. The van der Waals surface area contributed by atoms with E-state index in [1.54, 1.807) is 11.8 Å². The van der Waals surface area contributed by atoms with Gasteiger partial charge >= 0.3 is 0 Å². The van der Waals surface area contributed by atoms with Crippen LogP contribution in [0.2, 0.25) is 0 Å². The van der Waals surface area contributed by atoms with Crippen LogP contribution in [0.25, 0.3) is 0 Å². The SMILES string of the molecule is COc1cccc([C@H]2CCCN2C(=O)CCn2nnnc2CN2CCOCC2)c1. The Labute approximate surface area is 170 Å². The number of hydrogen-bond acceptors (Lipinski definition) is 7. The van der Waals surface area contributed by atoms with Crippen LogP contribution in [-0.4, -0.2) is 75.9 Å². The molecule has 1 amide bonds. The zero-order valence-electron chi connectivity index (χ0n) is 16.9. The predicted molar refractivity (Wildman–Crippen MR) is 105 cm³/mol. The van der Waals surface area contributed by atoms with Gasteiger partial charge in [-0.3, -0.25) is 9.69 Å². The molecule has 2 aliphatic rings. The van der Waals surface area contributed by atoms with E-state index in [4.69, 9.17) is 9.47 Å². The quantitative estimate of drug-likeness (QED) is 0.692. The summed E-state index contributed by atoms with van der Waals surface area (Å²) in [7, 11) is 1.66. The minimum atomic E-state index is 0.110. The van der Waals surface area contributed by atoms with Gasteiger partial charge in [0.05, 0.1) is 39.5 Å². The van der Waals surface area contributed by atoms with Crippen LogP contribution >= 0.6 is 0 Å². The highest BCUT2D eigenvalue weighted by Crippen LogP contribution is 2.33. The molecule has 0 radical (unpaired) electrons. The third-order valence-electron chi connectivity index (χ3n) is 5.66. The number of aromatic nitrogens is 4. The molecule has 2 saturated heterocycles. The van der Waals surface area contributed by atoms with E-state index in [0.29, 0.717) is 19.5 Å². The first kappa shape index (κ1) is 19.8. The number of morpholine rings is 1. The molecule has 0 spiro atoms. The maximum Gasteiger partial charge on any atom is 0.224 e. The van der Waals surface area contributed by atoms with Crippen molar-refractivity contribution in [2.75, 3.05) is 40.0 Å². The molecule has 9 nitrogen and oxygen atoms in total. The fraction of sp³-hybridized carbons (Fsp3) is 0.600. The first-order valence-electron chi connectivity index (χ1n) is 10.2. The van der Waals surface area contributed by atoms with Gasteiger partial charge in [0.2, 0.25) is 5.91 Å². The van der Waals surface area contributed by atoms with Crippen LogP contribution in [0.1, 0.15) is 36.7 Å². The molecule has 1 atom stereocenters. The molecule has 156 valence electrons. The van der Waals surface area contributed by atoms with E-state index in [9.17, 15) is 4.79 Å². The minimum Gasteiger partial charge on any atom is -0.497 e. The molecule has 0 bridgehead atoms. The number of nitrogens with zero attached hydrogens (tertiary/aromatic N) is 6. The van der Waals surface area contributed by atoms with Crippen molar-refractivity contribution in [3.8, 4) is 5.75 Å². The Morgan fingerprint density at radius 2 is 2.14 bits per heavy atom. The van der Waals surface area contributed by atoms with Crippen LogP contribution < -0.4 is 4.74 Å². The molecular weight excluding hydrogens is 372 g/mol. The summed E-state index contributed by atoms with van der Waals surface area (Å²) in [6.45, 7) is 5.19. The van der Waals surface area contributed by atoms with E-state index in [1.165, 1.54) is 0 Å². The van der Waals surface area contributed by atoms with Crippen molar-refractivity contribution in [3.63, 3.8) is 0 Å². The van der Waals surface area contributed by atoms with Crippen molar-refractivity contribution in [2.24, 2.45) is 0 Å². The Morgan fingerprint density at radius 3 is 2.97 bits per heavy atom. The van der Waals surface area contributed by atoms with Crippen LogP contribution in [0.4, 0.5) is 0 Å². The number of hydrogen-bond donors (Lipinski definition) is 0. The largest absolute Gasteiger partial charge is 0.497 e. The van der Waals surface area contributed by atoms with Crippen LogP contribution in [0, 0.1) is 0 Å². The maximum absolute atomic E-state index is 13.0. The summed E-state index contributed by atoms with van der Waals surface area (Å²) in [5.74, 6) is 1.76. The van der Waals surface area contributed by atoms with Gasteiger partial charge in [0.1, 0.15) is 5.75 Å². The van der Waals surface area contributed by atoms with Gasteiger partial charge in [-0.05, 0) is 41.0 Å². The van der Waals surface area contributed by atoms with Crippen molar-refractivity contribution in [2.45, 2.75) is 38.4 Å². The van der Waals surface area contributed by atoms with Crippen LogP contribution in [0.15, 0.2) is 24.3 Å². The summed E-state index contributed by atoms with van der Waals surface area (Å²) in [5, 5.41) is 12.0. The predicted octanol–water partition coefficient (Wildman–Crippen LogP) is 1.27. The normalized spacial score (nSPS) is 20.2. The Morgan fingerprint density at radius 1 is 1.28 bits per heavy atom. The average molecular weight is 400 g/mol. The van der Waals surface area contributed by atoms with Crippen molar-refractivity contribution < 1.29 is 14.3 Å². The molecule has 3 heterocycles. The van der Waals surface area contributed by atoms with Crippen LogP contribution in [-0.2, 0) is 22.6 Å². The second-order valence-electron chi connectivity index (χ2n) is 7.48. The highest BCUT2D eigenvalue weighted by atomic mass is 16.5. The fourth-order valence-electron chi connectivity index (χ4n) is 4.08. The van der Waals surface area contributed by atoms with Gasteiger partial charge in [0, 0.05) is 26.1 Å². The molecule has 4 rings (SSSR count). The average Bonchev–Trinajstić information content (AvgIpc) is 3.42. The molecule has 29 heavy (non-hydrogen) atoms. The van der Waals surface area contributed by atoms with Gasteiger partial charge in [-0.25, -0.2) is 4.68 Å². The highest BCUT2D eigenvalue weighted by molar-refractivity contribution is 5.77. The number of tetrazole rings is 1. The molecule has 2 aliphatic heterocycles. The smallest absolute Gasteiger partial charge is 0.224 e. The monoisotopic (exact) mass is 400 g/mol.